The van der Waals surface area contributed by atoms with Crippen molar-refractivity contribution < 1.29 is 0 Å². The van der Waals surface area contributed by atoms with Crippen LogP contribution in [0.1, 0.15) is 5.56 Å². The number of hydrogen-bond donors (Lipinski definition) is 0. The lowest BCUT2D eigenvalue weighted by molar-refractivity contribution is 0.905. The van der Waals surface area contributed by atoms with Gasteiger partial charge in [-0.2, -0.15) is 0 Å². The zero-order chi connectivity index (χ0) is 11.2. The second-order valence-electron chi connectivity index (χ2n) is 3.51. The summed E-state index contributed by atoms with van der Waals surface area (Å²) in [5.74, 6) is 0. The predicted molar refractivity (Wildman–Crippen MR) is 66.6 cm³/mol. The van der Waals surface area contributed by atoms with Gasteiger partial charge in [0.25, 0.3) is 5.56 Å². The largest absolute Gasteiger partial charge is 0.311 e. The first-order chi connectivity index (χ1) is 7.00. The summed E-state index contributed by atoms with van der Waals surface area (Å²) in [6.07, 6.45) is 0. The number of nitrogens with zero attached hydrogens (tertiary/aromatic N) is 1. The average Bonchev–Trinajstić information content (AvgIpc) is 2.18. The maximum Gasteiger partial charge on any atom is 0.252 e. The summed E-state index contributed by atoms with van der Waals surface area (Å²) < 4.78 is 2.57. The average molecular weight is 287 g/mol. The molecule has 0 saturated heterocycles. The Hall–Kier alpha value is -0.800. The van der Waals surface area contributed by atoms with E-state index in [1.807, 2.05) is 19.1 Å². The first kappa shape index (κ1) is 10.7. The van der Waals surface area contributed by atoms with Crippen LogP contribution in [0, 0.1) is 6.92 Å². The maximum atomic E-state index is 11.5. The first-order valence-corrected chi connectivity index (χ1v) is 5.63. The summed E-state index contributed by atoms with van der Waals surface area (Å²) in [5.41, 5.74) is 1.84. The molecule has 2 aromatic rings. The van der Waals surface area contributed by atoms with E-state index in [1.54, 1.807) is 11.6 Å². The zero-order valence-electron chi connectivity index (χ0n) is 8.34. The molecule has 0 fully saturated rings. The van der Waals surface area contributed by atoms with Crippen molar-refractivity contribution in [1.82, 2.24) is 4.57 Å². The van der Waals surface area contributed by atoms with Crippen molar-refractivity contribution in [3.63, 3.8) is 0 Å². The summed E-state index contributed by atoms with van der Waals surface area (Å²) in [7, 11) is 1.74. The third-order valence-electron chi connectivity index (χ3n) is 2.48. The topological polar surface area (TPSA) is 22.0 Å². The van der Waals surface area contributed by atoms with E-state index in [0.717, 1.165) is 20.9 Å². The summed E-state index contributed by atoms with van der Waals surface area (Å²) in [5, 5.41) is 1.41. The highest BCUT2D eigenvalue weighted by Crippen LogP contribution is 2.27. The Morgan fingerprint density at radius 1 is 1.33 bits per heavy atom. The van der Waals surface area contributed by atoms with E-state index in [2.05, 4.69) is 15.9 Å². The van der Waals surface area contributed by atoms with Gasteiger partial charge in [-0.3, -0.25) is 4.79 Å². The number of pyridine rings is 1. The summed E-state index contributed by atoms with van der Waals surface area (Å²) in [4.78, 5) is 11.5. The van der Waals surface area contributed by atoms with Crippen molar-refractivity contribution >= 4 is 38.4 Å². The Morgan fingerprint density at radius 3 is 2.67 bits per heavy atom. The van der Waals surface area contributed by atoms with Crippen molar-refractivity contribution in [2.75, 3.05) is 0 Å². The molecule has 0 saturated carbocycles. The molecule has 1 aromatic heterocycles. The fourth-order valence-electron chi connectivity index (χ4n) is 1.54. The lowest BCUT2D eigenvalue weighted by atomic mass is 10.1. The van der Waals surface area contributed by atoms with Gasteiger partial charge >= 0.3 is 0 Å². The number of rotatable bonds is 0. The molecule has 0 aliphatic carbocycles. The number of aryl methyl sites for hydroxylation is 2. The molecule has 0 bridgehead atoms. The molecule has 0 unspecified atom stereocenters. The number of benzene rings is 1. The Labute approximate surface area is 101 Å². The van der Waals surface area contributed by atoms with Crippen LogP contribution in [0.5, 0.6) is 0 Å². The zero-order valence-corrected chi connectivity index (χ0v) is 10.7. The van der Waals surface area contributed by atoms with E-state index in [1.165, 1.54) is 6.07 Å². The normalized spacial score (nSPS) is 10.9. The van der Waals surface area contributed by atoms with E-state index >= 15 is 0 Å². The summed E-state index contributed by atoms with van der Waals surface area (Å²) >= 11 is 9.47. The van der Waals surface area contributed by atoms with E-state index in [-0.39, 0.29) is 5.56 Å². The molecule has 0 amide bonds. The Morgan fingerprint density at radius 2 is 2.00 bits per heavy atom. The van der Waals surface area contributed by atoms with Crippen molar-refractivity contribution in [3.05, 3.63) is 43.6 Å². The van der Waals surface area contributed by atoms with Crippen LogP contribution in [0.4, 0.5) is 0 Å². The van der Waals surface area contributed by atoms with Gasteiger partial charge in [0.15, 0.2) is 0 Å². The monoisotopic (exact) mass is 285 g/mol. The fourth-order valence-corrected chi connectivity index (χ4v) is 2.12. The first-order valence-electron chi connectivity index (χ1n) is 4.46. The molecule has 0 atom stereocenters. The molecule has 0 aliphatic heterocycles. The minimum Gasteiger partial charge on any atom is -0.311 e. The van der Waals surface area contributed by atoms with Gasteiger partial charge in [0.1, 0.15) is 0 Å². The van der Waals surface area contributed by atoms with Crippen LogP contribution in [0.2, 0.25) is 5.02 Å². The lowest BCUT2D eigenvalue weighted by Gasteiger charge is -2.08. The lowest BCUT2D eigenvalue weighted by Crippen LogP contribution is -2.15. The van der Waals surface area contributed by atoms with Crippen LogP contribution in [0.25, 0.3) is 10.9 Å². The molecular weight excluding hydrogens is 277 g/mol. The van der Waals surface area contributed by atoms with Crippen LogP contribution in [0.3, 0.4) is 0 Å². The smallest absolute Gasteiger partial charge is 0.252 e. The SMILES string of the molecule is Cc1cc2c(Cl)cc(=O)n(C)c2cc1Br. The number of hydrogen-bond acceptors (Lipinski definition) is 1. The molecule has 15 heavy (non-hydrogen) atoms. The van der Waals surface area contributed by atoms with Crippen LogP contribution in [-0.4, -0.2) is 4.57 Å². The summed E-state index contributed by atoms with van der Waals surface area (Å²) in [6, 6.07) is 5.33. The third-order valence-corrected chi connectivity index (χ3v) is 3.64. The van der Waals surface area contributed by atoms with E-state index in [4.69, 9.17) is 11.6 Å². The van der Waals surface area contributed by atoms with E-state index < -0.39 is 0 Å². The molecule has 2 nitrogen and oxygen atoms in total. The van der Waals surface area contributed by atoms with Crippen LogP contribution in [0.15, 0.2) is 27.5 Å². The van der Waals surface area contributed by atoms with Crippen LogP contribution in [-0.2, 0) is 7.05 Å². The molecule has 0 spiro atoms. The van der Waals surface area contributed by atoms with Gasteiger partial charge in [-0.15, -0.1) is 0 Å². The number of fused-ring (bicyclic) bond motifs is 1. The van der Waals surface area contributed by atoms with E-state index in [0.29, 0.717) is 5.02 Å². The van der Waals surface area contributed by atoms with Gasteiger partial charge in [0, 0.05) is 23.0 Å². The molecule has 0 aliphatic rings. The number of aromatic nitrogens is 1. The molecule has 1 aromatic carbocycles. The second kappa shape index (κ2) is 3.65. The minimum absolute atomic E-state index is 0.0942. The van der Waals surface area contributed by atoms with Gasteiger partial charge in [0.05, 0.1) is 10.5 Å². The highest BCUT2D eigenvalue weighted by molar-refractivity contribution is 9.10. The second-order valence-corrected chi connectivity index (χ2v) is 4.77. The van der Waals surface area contributed by atoms with Crippen LogP contribution >= 0.6 is 27.5 Å². The molecule has 0 N–H and O–H groups in total. The van der Waals surface area contributed by atoms with Gasteiger partial charge in [-0.05, 0) is 24.6 Å². The molecule has 2 rings (SSSR count). The van der Waals surface area contributed by atoms with E-state index in [9.17, 15) is 4.79 Å². The van der Waals surface area contributed by atoms with Crippen molar-refractivity contribution in [3.8, 4) is 0 Å². The van der Waals surface area contributed by atoms with Crippen molar-refractivity contribution in [1.29, 1.82) is 0 Å². The molecule has 0 radical (unpaired) electrons. The van der Waals surface area contributed by atoms with Gasteiger partial charge in [0.2, 0.25) is 0 Å². The Balaban J connectivity index is 3.04. The predicted octanol–water partition coefficient (Wildman–Crippen LogP) is 3.26. The molecule has 4 heteroatoms. The highest BCUT2D eigenvalue weighted by Gasteiger charge is 2.07. The van der Waals surface area contributed by atoms with Gasteiger partial charge in [-0.1, -0.05) is 27.5 Å². The Bertz CT molecular complexity index is 604. The van der Waals surface area contributed by atoms with Gasteiger partial charge in [-0.25, -0.2) is 0 Å². The van der Waals surface area contributed by atoms with Crippen LogP contribution < -0.4 is 5.56 Å². The third kappa shape index (κ3) is 1.70. The molecule has 1 heterocycles. The fraction of sp³-hybridized carbons (Fsp3) is 0.182. The highest BCUT2D eigenvalue weighted by atomic mass is 79.9. The number of halogens is 2. The molecular formula is C11H9BrClNO. The van der Waals surface area contributed by atoms with Crippen molar-refractivity contribution in [2.45, 2.75) is 6.92 Å². The quantitative estimate of drug-likeness (QED) is 0.728. The standard InChI is InChI=1S/C11H9BrClNO/c1-6-3-7-9(13)5-11(15)14(2)10(7)4-8(6)12/h3-5H,1-2H3. The van der Waals surface area contributed by atoms with Gasteiger partial charge < -0.3 is 4.57 Å². The maximum absolute atomic E-state index is 11.5. The molecule has 78 valence electrons. The van der Waals surface area contributed by atoms with Crippen molar-refractivity contribution in [2.24, 2.45) is 7.05 Å². The summed E-state index contributed by atoms with van der Waals surface area (Å²) in [6.45, 7) is 1.99. The minimum atomic E-state index is -0.0942. The Kier molecular flexibility index (Phi) is 2.61.